The van der Waals surface area contributed by atoms with E-state index in [4.69, 9.17) is 0 Å². The van der Waals surface area contributed by atoms with Crippen LogP contribution in [0.4, 0.5) is 0 Å². The lowest BCUT2D eigenvalue weighted by Gasteiger charge is -2.24. The summed E-state index contributed by atoms with van der Waals surface area (Å²) in [5, 5.41) is 30.3. The zero-order chi connectivity index (χ0) is 32.4. The summed E-state index contributed by atoms with van der Waals surface area (Å²) >= 11 is 0. The number of aromatic nitrogens is 6. The van der Waals surface area contributed by atoms with Crippen molar-refractivity contribution in [2.45, 2.75) is 39.0 Å². The van der Waals surface area contributed by atoms with Gasteiger partial charge in [0.2, 0.25) is 0 Å². The van der Waals surface area contributed by atoms with E-state index in [1.165, 1.54) is 32.7 Å². The Bertz CT molecular complexity index is 1740. The van der Waals surface area contributed by atoms with Crippen molar-refractivity contribution in [2.24, 2.45) is 0 Å². The highest BCUT2D eigenvalue weighted by Crippen LogP contribution is 2.18. The van der Waals surface area contributed by atoms with Crippen molar-refractivity contribution in [3.05, 3.63) is 120 Å². The van der Waals surface area contributed by atoms with E-state index in [0.29, 0.717) is 0 Å². The lowest BCUT2D eigenvalue weighted by molar-refractivity contribution is 0.238. The van der Waals surface area contributed by atoms with Crippen LogP contribution in [0.25, 0.3) is 21.5 Å². The van der Waals surface area contributed by atoms with Gasteiger partial charge in [-0.3, -0.25) is 9.80 Å². The minimum Gasteiger partial charge on any atom is -0.315 e. The highest BCUT2D eigenvalue weighted by atomic mass is 15.4. The van der Waals surface area contributed by atoms with Crippen LogP contribution in [0, 0.1) is 0 Å². The average Bonchev–Trinajstić information content (AvgIpc) is 3.75. The molecule has 0 radical (unpaired) electrons. The SMILES string of the molecule is c1ccc2cc(Cn3cc(CN4CCCNCCN(Cc5cn(Cc6ccc7ccccc7c6)nn5)CCCNCC4)nn3)ccc2c1. The molecule has 1 fully saturated rings. The van der Waals surface area contributed by atoms with Crippen molar-refractivity contribution < 1.29 is 0 Å². The Balaban J connectivity index is 0.868. The minimum absolute atomic E-state index is 0.726. The molecular weight excluding hydrogens is 596 g/mol. The molecule has 0 spiro atoms. The van der Waals surface area contributed by atoms with Crippen LogP contribution < -0.4 is 10.6 Å². The van der Waals surface area contributed by atoms with Crippen LogP contribution >= 0.6 is 0 Å². The van der Waals surface area contributed by atoms with Gasteiger partial charge < -0.3 is 10.6 Å². The summed E-state index contributed by atoms with van der Waals surface area (Å²) in [6.45, 7) is 11.0. The van der Waals surface area contributed by atoms with Gasteiger partial charge in [0.1, 0.15) is 0 Å². The van der Waals surface area contributed by atoms with Gasteiger partial charge in [0.05, 0.1) is 36.9 Å². The number of fused-ring (bicyclic) bond motifs is 2. The first-order chi connectivity index (χ1) is 23.7. The molecule has 10 nitrogen and oxygen atoms in total. The second-order valence-corrected chi connectivity index (χ2v) is 12.9. The normalized spacial score (nSPS) is 16.3. The summed E-state index contributed by atoms with van der Waals surface area (Å²) in [6.07, 6.45) is 6.38. The number of benzene rings is 4. The van der Waals surface area contributed by atoms with E-state index in [0.717, 1.165) is 103 Å². The van der Waals surface area contributed by atoms with E-state index >= 15 is 0 Å². The molecule has 0 aliphatic carbocycles. The van der Waals surface area contributed by atoms with E-state index in [9.17, 15) is 0 Å². The lowest BCUT2D eigenvalue weighted by atomic mass is 10.1. The van der Waals surface area contributed by atoms with Crippen LogP contribution in [0.3, 0.4) is 0 Å². The van der Waals surface area contributed by atoms with Crippen molar-refractivity contribution in [3.8, 4) is 0 Å². The van der Waals surface area contributed by atoms with E-state index in [2.05, 4.69) is 138 Å². The zero-order valence-corrected chi connectivity index (χ0v) is 27.7. The topological polar surface area (TPSA) is 92.0 Å². The van der Waals surface area contributed by atoms with Gasteiger partial charge >= 0.3 is 0 Å². The molecule has 2 aromatic heterocycles. The first kappa shape index (κ1) is 32.1. The van der Waals surface area contributed by atoms with E-state index in [1.54, 1.807) is 0 Å². The maximum Gasteiger partial charge on any atom is 0.0967 e. The van der Waals surface area contributed by atoms with Gasteiger partial charge in [0, 0.05) is 39.3 Å². The third-order valence-electron chi connectivity index (χ3n) is 9.13. The Morgan fingerprint density at radius 2 is 0.938 bits per heavy atom. The molecule has 4 aromatic carbocycles. The van der Waals surface area contributed by atoms with Crippen molar-refractivity contribution in [2.75, 3.05) is 52.4 Å². The Labute approximate surface area is 282 Å². The third-order valence-corrected chi connectivity index (χ3v) is 9.13. The molecule has 0 unspecified atom stereocenters. The Morgan fingerprint density at radius 1 is 0.479 bits per heavy atom. The summed E-state index contributed by atoms with van der Waals surface area (Å²) in [5.74, 6) is 0. The largest absolute Gasteiger partial charge is 0.315 e. The van der Waals surface area contributed by atoms with Crippen LogP contribution in [-0.4, -0.2) is 92.1 Å². The summed E-state index contributed by atoms with van der Waals surface area (Å²) in [7, 11) is 0. The molecule has 6 aromatic rings. The molecule has 7 rings (SSSR count). The molecule has 0 amide bonds. The smallest absolute Gasteiger partial charge is 0.0967 e. The average molecular weight is 643 g/mol. The monoisotopic (exact) mass is 642 g/mol. The van der Waals surface area contributed by atoms with Crippen molar-refractivity contribution in [1.29, 1.82) is 0 Å². The maximum atomic E-state index is 4.52. The van der Waals surface area contributed by atoms with Gasteiger partial charge in [-0.2, -0.15) is 0 Å². The Morgan fingerprint density at radius 3 is 1.42 bits per heavy atom. The number of hydrogen-bond donors (Lipinski definition) is 2. The summed E-state index contributed by atoms with van der Waals surface area (Å²) in [6, 6.07) is 30.2. The van der Waals surface area contributed by atoms with Gasteiger partial charge in [-0.1, -0.05) is 83.2 Å². The van der Waals surface area contributed by atoms with Crippen LogP contribution in [0.2, 0.25) is 0 Å². The molecule has 1 aliphatic rings. The van der Waals surface area contributed by atoms with Crippen molar-refractivity contribution in [1.82, 2.24) is 50.4 Å². The summed E-state index contributed by atoms with van der Waals surface area (Å²) in [4.78, 5) is 5.00. The van der Waals surface area contributed by atoms with E-state index in [-0.39, 0.29) is 0 Å². The number of hydrogen-bond acceptors (Lipinski definition) is 8. The van der Waals surface area contributed by atoms with Crippen LogP contribution in [0.15, 0.2) is 97.3 Å². The fourth-order valence-corrected chi connectivity index (χ4v) is 6.60. The molecule has 48 heavy (non-hydrogen) atoms. The third kappa shape index (κ3) is 8.90. The predicted octanol–water partition coefficient (Wildman–Crippen LogP) is 4.55. The molecule has 0 saturated carbocycles. The van der Waals surface area contributed by atoms with Gasteiger partial charge in [-0.15, -0.1) is 10.2 Å². The number of rotatable bonds is 8. The second kappa shape index (κ2) is 16.1. The number of nitrogens with one attached hydrogen (secondary N) is 2. The molecular formula is C38H46N10. The minimum atomic E-state index is 0.726. The highest BCUT2D eigenvalue weighted by molar-refractivity contribution is 5.83. The molecule has 0 bridgehead atoms. The fourth-order valence-electron chi connectivity index (χ4n) is 6.60. The molecule has 248 valence electrons. The standard InChI is InChI=1S/C38H46N10/c1-3-9-35-23-31(11-13-33(35)7-1)25-47-29-37(41-43-47)27-45-19-5-15-40-18-22-46(20-6-16-39-17-21-45)28-38-30-48(44-42-38)26-32-12-14-34-8-2-4-10-36(34)24-32/h1-4,7-14,23-24,29-30,39-40H,5-6,15-22,25-28H2. The quantitative estimate of drug-likeness (QED) is 0.250. The van der Waals surface area contributed by atoms with Crippen LogP contribution in [0.5, 0.6) is 0 Å². The van der Waals surface area contributed by atoms with Crippen molar-refractivity contribution >= 4 is 21.5 Å². The fraction of sp³-hybridized carbons (Fsp3) is 0.368. The Kier molecular flexibility index (Phi) is 10.7. The van der Waals surface area contributed by atoms with Crippen LogP contribution in [0.1, 0.15) is 35.4 Å². The highest BCUT2D eigenvalue weighted by Gasteiger charge is 2.13. The van der Waals surface area contributed by atoms with Crippen LogP contribution in [-0.2, 0) is 26.2 Å². The molecule has 2 N–H and O–H groups in total. The molecule has 1 saturated heterocycles. The molecule has 1 aliphatic heterocycles. The number of nitrogens with zero attached hydrogens (tertiary/aromatic N) is 8. The maximum absolute atomic E-state index is 4.52. The van der Waals surface area contributed by atoms with Gasteiger partial charge in [-0.05, 0) is 83.8 Å². The predicted molar refractivity (Wildman–Crippen MR) is 192 cm³/mol. The lowest BCUT2D eigenvalue weighted by Crippen LogP contribution is -2.38. The van der Waals surface area contributed by atoms with Gasteiger partial charge in [0.25, 0.3) is 0 Å². The van der Waals surface area contributed by atoms with E-state index in [1.807, 2.05) is 9.36 Å². The summed E-state index contributed by atoms with van der Waals surface area (Å²) in [5.41, 5.74) is 4.52. The molecule has 0 atom stereocenters. The summed E-state index contributed by atoms with van der Waals surface area (Å²) < 4.78 is 3.92. The van der Waals surface area contributed by atoms with Gasteiger partial charge in [0.15, 0.2) is 0 Å². The first-order valence-electron chi connectivity index (χ1n) is 17.3. The molecule has 10 heteroatoms. The molecule has 3 heterocycles. The second-order valence-electron chi connectivity index (χ2n) is 12.9. The Hall–Kier alpha value is -4.48. The van der Waals surface area contributed by atoms with Crippen molar-refractivity contribution in [3.63, 3.8) is 0 Å². The van der Waals surface area contributed by atoms with E-state index < -0.39 is 0 Å². The zero-order valence-electron chi connectivity index (χ0n) is 27.7. The first-order valence-corrected chi connectivity index (χ1v) is 17.3. The van der Waals surface area contributed by atoms with Gasteiger partial charge in [-0.25, -0.2) is 9.36 Å².